The number of ether oxygens (including phenoxy) is 1. The summed E-state index contributed by atoms with van der Waals surface area (Å²) in [4.78, 5) is 37.9. The molecule has 0 bridgehead atoms. The highest BCUT2D eigenvalue weighted by Crippen LogP contribution is 2.27. The Balaban J connectivity index is 1.29. The molecule has 3 N–H and O–H groups in total. The van der Waals surface area contributed by atoms with Gasteiger partial charge in [-0.3, -0.25) is 14.9 Å². The van der Waals surface area contributed by atoms with E-state index in [2.05, 4.69) is 46.4 Å². The van der Waals surface area contributed by atoms with Crippen molar-refractivity contribution in [1.82, 2.24) is 35.7 Å². The number of rotatable bonds is 10. The number of carbonyl (C=O) groups excluding carboxylic acids is 3. The van der Waals surface area contributed by atoms with E-state index in [1.807, 2.05) is 30.3 Å². The highest BCUT2D eigenvalue weighted by Gasteiger charge is 2.21. The van der Waals surface area contributed by atoms with E-state index in [9.17, 15) is 14.4 Å². The molecular weight excluding hydrogens is 606 g/mol. The Kier molecular flexibility index (Phi) is 9.64. The van der Waals surface area contributed by atoms with Crippen molar-refractivity contribution in [3.8, 4) is 16.3 Å². The molecular formula is C29H24ClN9O4S. The van der Waals surface area contributed by atoms with E-state index in [0.717, 1.165) is 11.1 Å². The van der Waals surface area contributed by atoms with E-state index in [1.54, 1.807) is 48.5 Å². The zero-order valence-electron chi connectivity index (χ0n) is 23.0. The highest BCUT2D eigenvalue weighted by atomic mass is 35.5. The Morgan fingerprint density at radius 3 is 2.55 bits per heavy atom. The second kappa shape index (κ2) is 14.1. The molecule has 0 fully saturated rings. The van der Waals surface area contributed by atoms with Crippen LogP contribution in [0.2, 0.25) is 5.02 Å². The SMILES string of the molecule is COC(=O)Nc1nnc(-c2ccc(NC(=O)C(Cc3ccccc3)NC(=O)C=Cc3cc(Cl)ccc3-n3cnnn3)cc2)s1. The maximum absolute atomic E-state index is 13.4. The van der Waals surface area contributed by atoms with Gasteiger partial charge in [0.05, 0.1) is 12.8 Å². The normalized spacial score (nSPS) is 11.6. The van der Waals surface area contributed by atoms with Crippen LogP contribution in [0.1, 0.15) is 11.1 Å². The summed E-state index contributed by atoms with van der Waals surface area (Å²) in [6.07, 6.45) is 3.95. The minimum absolute atomic E-state index is 0.262. The maximum atomic E-state index is 13.4. The Hall–Kier alpha value is -5.47. The number of methoxy groups -OCH3 is 1. The van der Waals surface area contributed by atoms with Crippen LogP contribution in [0, 0.1) is 0 Å². The number of amides is 3. The van der Waals surface area contributed by atoms with Crippen LogP contribution in [0.5, 0.6) is 0 Å². The molecule has 0 aliphatic carbocycles. The Morgan fingerprint density at radius 2 is 1.82 bits per heavy atom. The molecule has 13 nitrogen and oxygen atoms in total. The van der Waals surface area contributed by atoms with Gasteiger partial charge >= 0.3 is 6.09 Å². The molecule has 0 spiro atoms. The van der Waals surface area contributed by atoms with Crippen LogP contribution >= 0.6 is 22.9 Å². The molecule has 0 aliphatic rings. The topological polar surface area (TPSA) is 166 Å². The lowest BCUT2D eigenvalue weighted by Crippen LogP contribution is -2.44. The summed E-state index contributed by atoms with van der Waals surface area (Å²) in [6.45, 7) is 0. The summed E-state index contributed by atoms with van der Waals surface area (Å²) < 4.78 is 6.02. The number of hydrogen-bond donors (Lipinski definition) is 3. The van der Waals surface area contributed by atoms with E-state index >= 15 is 0 Å². The number of nitrogens with zero attached hydrogens (tertiary/aromatic N) is 6. The second-order valence-electron chi connectivity index (χ2n) is 9.14. The first-order valence-corrected chi connectivity index (χ1v) is 14.2. The van der Waals surface area contributed by atoms with Crippen LogP contribution in [0.3, 0.4) is 0 Å². The van der Waals surface area contributed by atoms with E-state index in [-0.39, 0.29) is 6.42 Å². The van der Waals surface area contributed by atoms with Crippen LogP contribution in [-0.4, -0.2) is 61.5 Å². The largest absolute Gasteiger partial charge is 0.453 e. The van der Waals surface area contributed by atoms with E-state index in [0.29, 0.717) is 32.1 Å². The molecule has 2 heterocycles. The van der Waals surface area contributed by atoms with Crippen LogP contribution in [-0.2, 0) is 20.7 Å². The van der Waals surface area contributed by atoms with Gasteiger partial charge < -0.3 is 15.4 Å². The van der Waals surface area contributed by atoms with Gasteiger partial charge in [0, 0.05) is 34.3 Å². The third-order valence-electron chi connectivity index (χ3n) is 6.13. The van der Waals surface area contributed by atoms with Crippen molar-refractivity contribution in [3.05, 3.63) is 101 Å². The predicted octanol–water partition coefficient (Wildman–Crippen LogP) is 4.39. The number of benzene rings is 3. The van der Waals surface area contributed by atoms with Crippen molar-refractivity contribution in [2.24, 2.45) is 0 Å². The predicted molar refractivity (Wildman–Crippen MR) is 165 cm³/mol. The standard InChI is InChI=1S/C29H24ClN9O4S/c1-43-29(42)34-28-36-35-27(44-28)19-7-11-22(12-8-19)32-26(41)23(15-18-5-3-2-4-6-18)33-25(40)14-9-20-16-21(30)10-13-24(20)39-17-31-37-38-39/h2-14,16-17,23H,15H2,1H3,(H,32,41)(H,33,40)(H,34,36,42). The van der Waals surface area contributed by atoms with E-state index < -0.39 is 23.9 Å². The third kappa shape index (κ3) is 7.87. The third-order valence-corrected chi connectivity index (χ3v) is 7.26. The average molecular weight is 630 g/mol. The minimum Gasteiger partial charge on any atom is -0.453 e. The van der Waals surface area contributed by atoms with Crippen molar-refractivity contribution in [3.63, 3.8) is 0 Å². The number of carbonyl (C=O) groups is 3. The first-order valence-electron chi connectivity index (χ1n) is 13.0. The molecule has 44 heavy (non-hydrogen) atoms. The van der Waals surface area contributed by atoms with Crippen molar-refractivity contribution in [2.75, 3.05) is 17.7 Å². The van der Waals surface area contributed by atoms with Crippen molar-refractivity contribution in [1.29, 1.82) is 0 Å². The van der Waals surface area contributed by atoms with Gasteiger partial charge in [-0.15, -0.1) is 15.3 Å². The molecule has 2 aromatic heterocycles. The molecule has 5 rings (SSSR count). The number of aromatic nitrogens is 6. The summed E-state index contributed by atoms with van der Waals surface area (Å²) in [7, 11) is 1.26. The number of halogens is 1. The highest BCUT2D eigenvalue weighted by molar-refractivity contribution is 7.18. The molecule has 1 atom stereocenters. The van der Waals surface area contributed by atoms with Crippen molar-refractivity contribution >= 4 is 57.7 Å². The number of nitrogens with one attached hydrogen (secondary N) is 3. The first-order chi connectivity index (χ1) is 21.4. The van der Waals surface area contributed by atoms with Crippen LogP contribution < -0.4 is 16.0 Å². The molecule has 15 heteroatoms. The fourth-order valence-electron chi connectivity index (χ4n) is 4.04. The Morgan fingerprint density at radius 1 is 1.02 bits per heavy atom. The van der Waals surface area contributed by atoms with Crippen molar-refractivity contribution in [2.45, 2.75) is 12.5 Å². The fourth-order valence-corrected chi connectivity index (χ4v) is 4.95. The molecule has 222 valence electrons. The Bertz CT molecular complexity index is 1780. The number of anilines is 2. The van der Waals surface area contributed by atoms with Crippen LogP contribution in [0.15, 0.2) is 85.2 Å². The molecule has 0 saturated carbocycles. The number of tetrazole rings is 1. The Labute approximate surface area is 259 Å². The molecule has 3 aromatic carbocycles. The summed E-state index contributed by atoms with van der Waals surface area (Å²) >= 11 is 7.35. The van der Waals surface area contributed by atoms with Gasteiger partial charge in [0.1, 0.15) is 17.4 Å². The second-order valence-corrected chi connectivity index (χ2v) is 10.6. The van der Waals surface area contributed by atoms with Gasteiger partial charge in [-0.2, -0.15) is 4.68 Å². The lowest BCUT2D eigenvalue weighted by atomic mass is 10.0. The molecule has 5 aromatic rings. The maximum Gasteiger partial charge on any atom is 0.413 e. The van der Waals surface area contributed by atoms with Crippen molar-refractivity contribution < 1.29 is 19.1 Å². The smallest absolute Gasteiger partial charge is 0.413 e. The van der Waals surface area contributed by atoms with Gasteiger partial charge in [-0.1, -0.05) is 53.3 Å². The van der Waals surface area contributed by atoms with E-state index in [1.165, 1.54) is 35.5 Å². The molecule has 0 radical (unpaired) electrons. The zero-order valence-corrected chi connectivity index (χ0v) is 24.6. The summed E-state index contributed by atoms with van der Waals surface area (Å²) in [5, 5.41) is 28.7. The van der Waals surface area contributed by atoms with Crippen LogP contribution in [0.4, 0.5) is 15.6 Å². The van der Waals surface area contributed by atoms with Gasteiger partial charge in [-0.25, -0.2) is 4.79 Å². The fraction of sp³-hybridized carbons (Fsp3) is 0.103. The van der Waals surface area contributed by atoms with Crippen LogP contribution in [0.25, 0.3) is 22.3 Å². The van der Waals surface area contributed by atoms with Gasteiger partial charge in [0.2, 0.25) is 16.9 Å². The molecule has 0 aliphatic heterocycles. The summed E-state index contributed by atoms with van der Waals surface area (Å²) in [5.74, 6) is -0.882. The lowest BCUT2D eigenvalue weighted by Gasteiger charge is -2.18. The molecule has 1 unspecified atom stereocenters. The quantitative estimate of drug-likeness (QED) is 0.190. The molecule has 3 amide bonds. The minimum atomic E-state index is -0.886. The number of hydrogen-bond acceptors (Lipinski definition) is 10. The first kappa shape index (κ1) is 30.0. The van der Waals surface area contributed by atoms with Gasteiger partial charge in [-0.05, 0) is 64.5 Å². The van der Waals surface area contributed by atoms with Gasteiger partial charge in [0.15, 0.2) is 0 Å². The van der Waals surface area contributed by atoms with Gasteiger partial charge in [0.25, 0.3) is 0 Å². The zero-order chi connectivity index (χ0) is 30.9. The lowest BCUT2D eigenvalue weighted by molar-refractivity contribution is -0.123. The summed E-state index contributed by atoms with van der Waals surface area (Å²) in [6, 6.07) is 20.5. The average Bonchev–Trinajstić information content (AvgIpc) is 3.74. The molecule has 0 saturated heterocycles. The van der Waals surface area contributed by atoms with E-state index in [4.69, 9.17) is 11.6 Å². The summed E-state index contributed by atoms with van der Waals surface area (Å²) in [5.41, 5.74) is 3.35. The monoisotopic (exact) mass is 629 g/mol.